The second-order valence-electron chi connectivity index (χ2n) is 4.42. The smallest absolute Gasteiger partial charge is 0.129 e. The molecule has 88 valence electrons. The van der Waals surface area contributed by atoms with Gasteiger partial charge in [0.15, 0.2) is 0 Å². The lowest BCUT2D eigenvalue weighted by Gasteiger charge is -2.20. The van der Waals surface area contributed by atoms with E-state index in [4.69, 9.17) is 0 Å². The molecule has 0 bridgehead atoms. The molecule has 1 N–H and O–H groups in total. The molecule has 1 unspecified atom stereocenters. The number of halogens is 2. The third-order valence-electron chi connectivity index (χ3n) is 3.06. The number of hydrogen-bond acceptors (Lipinski definition) is 1. The summed E-state index contributed by atoms with van der Waals surface area (Å²) in [7, 11) is 0. The monoisotopic (exact) mass is 285 g/mol. The molecule has 0 spiro atoms. The lowest BCUT2D eigenvalue weighted by molar-refractivity contribution is 0.461. The van der Waals surface area contributed by atoms with Crippen LogP contribution in [0.25, 0.3) is 0 Å². The minimum Gasteiger partial charge on any atom is -0.310 e. The van der Waals surface area contributed by atoms with E-state index in [9.17, 15) is 4.39 Å². The van der Waals surface area contributed by atoms with Gasteiger partial charge in [0, 0.05) is 16.1 Å². The van der Waals surface area contributed by atoms with Gasteiger partial charge in [-0.3, -0.25) is 0 Å². The minimum atomic E-state index is -0.110. The highest BCUT2D eigenvalue weighted by Crippen LogP contribution is 2.39. The first-order chi connectivity index (χ1) is 7.72. The SMILES string of the molecule is CCNC(CC1CC1)c1c(F)cccc1Br. The van der Waals surface area contributed by atoms with Crippen molar-refractivity contribution in [3.63, 3.8) is 0 Å². The molecule has 1 fully saturated rings. The van der Waals surface area contributed by atoms with Gasteiger partial charge in [0.1, 0.15) is 5.82 Å². The van der Waals surface area contributed by atoms with Crippen LogP contribution in [0, 0.1) is 11.7 Å². The maximum absolute atomic E-state index is 13.8. The van der Waals surface area contributed by atoms with Crippen molar-refractivity contribution in [1.82, 2.24) is 5.32 Å². The van der Waals surface area contributed by atoms with E-state index in [-0.39, 0.29) is 11.9 Å². The minimum absolute atomic E-state index is 0.110. The fraction of sp³-hybridized carbons (Fsp3) is 0.538. The molecule has 1 aliphatic rings. The van der Waals surface area contributed by atoms with Gasteiger partial charge in [-0.2, -0.15) is 0 Å². The van der Waals surface area contributed by atoms with Crippen molar-refractivity contribution in [1.29, 1.82) is 0 Å². The molecule has 0 saturated heterocycles. The summed E-state index contributed by atoms with van der Waals surface area (Å²) < 4.78 is 14.7. The van der Waals surface area contributed by atoms with Crippen molar-refractivity contribution in [3.05, 3.63) is 34.1 Å². The highest BCUT2D eigenvalue weighted by Gasteiger charge is 2.28. The first kappa shape index (κ1) is 12.1. The molecular formula is C13H17BrFN. The van der Waals surface area contributed by atoms with Crippen molar-refractivity contribution in [2.24, 2.45) is 5.92 Å². The van der Waals surface area contributed by atoms with E-state index in [1.807, 2.05) is 6.07 Å². The van der Waals surface area contributed by atoms with E-state index in [1.54, 1.807) is 6.07 Å². The zero-order chi connectivity index (χ0) is 11.5. The van der Waals surface area contributed by atoms with Crippen molar-refractivity contribution in [2.45, 2.75) is 32.2 Å². The fourth-order valence-corrected chi connectivity index (χ4v) is 2.70. The molecular weight excluding hydrogens is 269 g/mol. The molecule has 0 heterocycles. The molecule has 1 aliphatic carbocycles. The van der Waals surface area contributed by atoms with Crippen LogP contribution in [0.15, 0.2) is 22.7 Å². The standard InChI is InChI=1S/C13H17BrFN/c1-2-16-12(8-9-6-7-9)13-10(14)4-3-5-11(13)15/h3-5,9,12,16H,2,6-8H2,1H3. The summed E-state index contributed by atoms with van der Waals surface area (Å²) in [6, 6.07) is 5.34. The summed E-state index contributed by atoms with van der Waals surface area (Å²) in [5, 5.41) is 3.38. The average molecular weight is 286 g/mol. The molecule has 1 atom stereocenters. The predicted molar refractivity (Wildman–Crippen MR) is 67.9 cm³/mol. The molecule has 0 aromatic heterocycles. The van der Waals surface area contributed by atoms with Gasteiger partial charge >= 0.3 is 0 Å². The van der Waals surface area contributed by atoms with Crippen LogP contribution in [0.3, 0.4) is 0 Å². The highest BCUT2D eigenvalue weighted by molar-refractivity contribution is 9.10. The van der Waals surface area contributed by atoms with Gasteiger partial charge in [0.2, 0.25) is 0 Å². The van der Waals surface area contributed by atoms with Crippen molar-refractivity contribution < 1.29 is 4.39 Å². The Morgan fingerprint density at radius 2 is 2.25 bits per heavy atom. The second kappa shape index (κ2) is 5.28. The van der Waals surface area contributed by atoms with Gasteiger partial charge in [-0.05, 0) is 31.0 Å². The Bertz CT molecular complexity index is 343. The maximum Gasteiger partial charge on any atom is 0.129 e. The summed E-state index contributed by atoms with van der Waals surface area (Å²) in [5.74, 6) is 0.677. The molecule has 1 nitrogen and oxygen atoms in total. The molecule has 16 heavy (non-hydrogen) atoms. The van der Waals surface area contributed by atoms with Gasteiger partial charge in [0.05, 0.1) is 0 Å². The van der Waals surface area contributed by atoms with E-state index in [2.05, 4.69) is 28.2 Å². The van der Waals surface area contributed by atoms with Gasteiger partial charge in [-0.15, -0.1) is 0 Å². The van der Waals surface area contributed by atoms with Gasteiger partial charge in [-0.1, -0.05) is 41.8 Å². The van der Waals surface area contributed by atoms with Gasteiger partial charge in [0.25, 0.3) is 0 Å². The topological polar surface area (TPSA) is 12.0 Å². The number of benzene rings is 1. The summed E-state index contributed by atoms with van der Waals surface area (Å²) in [4.78, 5) is 0. The summed E-state index contributed by atoms with van der Waals surface area (Å²) in [5.41, 5.74) is 0.788. The maximum atomic E-state index is 13.8. The highest BCUT2D eigenvalue weighted by atomic mass is 79.9. The molecule has 1 saturated carbocycles. The quantitative estimate of drug-likeness (QED) is 0.861. The first-order valence-corrected chi connectivity index (χ1v) is 6.69. The Morgan fingerprint density at radius 1 is 1.50 bits per heavy atom. The number of nitrogens with one attached hydrogen (secondary N) is 1. The summed E-state index contributed by atoms with van der Waals surface area (Å²) >= 11 is 3.45. The van der Waals surface area contributed by atoms with E-state index in [0.717, 1.165) is 28.9 Å². The van der Waals surface area contributed by atoms with Crippen molar-refractivity contribution >= 4 is 15.9 Å². The number of rotatable bonds is 5. The van der Waals surface area contributed by atoms with Crippen molar-refractivity contribution in [3.8, 4) is 0 Å². The van der Waals surface area contributed by atoms with E-state index >= 15 is 0 Å². The van der Waals surface area contributed by atoms with Crippen LogP contribution >= 0.6 is 15.9 Å². The molecule has 3 heteroatoms. The third kappa shape index (κ3) is 2.83. The summed E-state index contributed by atoms with van der Waals surface area (Å²) in [6.07, 6.45) is 3.65. The molecule has 2 rings (SSSR count). The van der Waals surface area contributed by atoms with E-state index < -0.39 is 0 Å². The zero-order valence-corrected chi connectivity index (χ0v) is 11.1. The third-order valence-corrected chi connectivity index (χ3v) is 3.76. The second-order valence-corrected chi connectivity index (χ2v) is 5.28. The predicted octanol–water partition coefficient (Wildman–Crippen LogP) is 4.04. The first-order valence-electron chi connectivity index (χ1n) is 5.89. The summed E-state index contributed by atoms with van der Waals surface area (Å²) in [6.45, 7) is 2.94. The Kier molecular flexibility index (Phi) is 3.98. The van der Waals surface area contributed by atoms with Crippen molar-refractivity contribution in [2.75, 3.05) is 6.54 Å². The Balaban J connectivity index is 2.21. The Hall–Kier alpha value is -0.410. The zero-order valence-electron chi connectivity index (χ0n) is 9.47. The largest absolute Gasteiger partial charge is 0.310 e. The van der Waals surface area contributed by atoms with E-state index in [0.29, 0.717) is 0 Å². The molecule has 1 aromatic carbocycles. The van der Waals surface area contributed by atoms with Crippen LogP contribution < -0.4 is 5.32 Å². The molecule has 0 aliphatic heterocycles. The van der Waals surface area contributed by atoms with Gasteiger partial charge < -0.3 is 5.32 Å². The number of hydrogen-bond donors (Lipinski definition) is 1. The normalized spacial score (nSPS) is 17.4. The fourth-order valence-electron chi connectivity index (χ4n) is 2.08. The van der Waals surface area contributed by atoms with Crippen LogP contribution in [0.4, 0.5) is 4.39 Å². The molecule has 0 amide bonds. The van der Waals surface area contributed by atoms with Gasteiger partial charge in [-0.25, -0.2) is 4.39 Å². The molecule has 1 aromatic rings. The van der Waals surface area contributed by atoms with Crippen LogP contribution in [0.5, 0.6) is 0 Å². The Morgan fingerprint density at radius 3 is 2.81 bits per heavy atom. The van der Waals surface area contributed by atoms with Crippen LogP contribution in [-0.2, 0) is 0 Å². The lowest BCUT2D eigenvalue weighted by Crippen LogP contribution is -2.22. The average Bonchev–Trinajstić information content (AvgIpc) is 3.01. The van der Waals surface area contributed by atoms with Crippen LogP contribution in [0.1, 0.15) is 37.8 Å². The van der Waals surface area contributed by atoms with E-state index in [1.165, 1.54) is 18.9 Å². The molecule has 0 radical (unpaired) electrons. The lowest BCUT2D eigenvalue weighted by atomic mass is 10.0. The van der Waals surface area contributed by atoms with Crippen LogP contribution in [-0.4, -0.2) is 6.54 Å². The van der Waals surface area contributed by atoms with Crippen LogP contribution in [0.2, 0.25) is 0 Å². The Labute approximate surface area is 105 Å².